The van der Waals surface area contributed by atoms with Gasteiger partial charge in [0.1, 0.15) is 0 Å². The highest BCUT2D eigenvalue weighted by molar-refractivity contribution is 7.89. The van der Waals surface area contributed by atoms with Crippen molar-refractivity contribution in [1.29, 1.82) is 0 Å². The number of hydrogen-bond acceptors (Lipinski definition) is 4. The highest BCUT2D eigenvalue weighted by Crippen LogP contribution is 2.29. The van der Waals surface area contributed by atoms with Gasteiger partial charge in [-0.25, -0.2) is 8.42 Å². The largest absolute Gasteiger partial charge is 0.493 e. The lowest BCUT2D eigenvalue weighted by Gasteiger charge is -2.18. The Bertz CT molecular complexity index is 850. The second kappa shape index (κ2) is 8.10. The van der Waals surface area contributed by atoms with E-state index >= 15 is 0 Å². The average Bonchev–Trinajstić information content (AvgIpc) is 3.12. The van der Waals surface area contributed by atoms with Gasteiger partial charge in [0.05, 0.1) is 18.6 Å². The third-order valence-electron chi connectivity index (χ3n) is 4.81. The number of methoxy groups -OCH3 is 1. The monoisotopic (exact) mass is 375 g/mol. The maximum atomic E-state index is 12.9. The van der Waals surface area contributed by atoms with Gasteiger partial charge in [0.2, 0.25) is 10.0 Å². The first-order chi connectivity index (χ1) is 12.5. The predicted octanol–water partition coefficient (Wildman–Crippen LogP) is 3.48. The summed E-state index contributed by atoms with van der Waals surface area (Å²) in [5, 5.41) is 0. The minimum atomic E-state index is -3.42. The van der Waals surface area contributed by atoms with E-state index in [-0.39, 0.29) is 0 Å². The molecule has 0 N–H and O–H groups in total. The molecule has 0 amide bonds. The van der Waals surface area contributed by atoms with Crippen LogP contribution in [0.4, 0.5) is 0 Å². The summed E-state index contributed by atoms with van der Waals surface area (Å²) in [5.41, 5.74) is 0.787. The second-order valence-electron chi connectivity index (χ2n) is 6.57. The summed E-state index contributed by atoms with van der Waals surface area (Å²) in [6.07, 6.45) is 1.68. The van der Waals surface area contributed by atoms with Crippen LogP contribution in [-0.2, 0) is 10.0 Å². The van der Waals surface area contributed by atoms with Gasteiger partial charge in [-0.05, 0) is 49.4 Å². The molecule has 1 saturated heterocycles. The van der Waals surface area contributed by atoms with Crippen molar-refractivity contribution in [3.8, 4) is 11.5 Å². The highest BCUT2D eigenvalue weighted by Gasteiger charge is 2.33. The summed E-state index contributed by atoms with van der Waals surface area (Å²) in [4.78, 5) is 0.408. The number of aryl methyl sites for hydroxylation is 1. The van der Waals surface area contributed by atoms with Crippen molar-refractivity contribution in [2.75, 3.05) is 26.8 Å². The lowest BCUT2D eigenvalue weighted by Crippen LogP contribution is -2.29. The van der Waals surface area contributed by atoms with Crippen molar-refractivity contribution < 1.29 is 17.9 Å². The van der Waals surface area contributed by atoms with Gasteiger partial charge in [0.25, 0.3) is 0 Å². The first-order valence-electron chi connectivity index (χ1n) is 8.84. The third kappa shape index (κ3) is 4.02. The second-order valence-corrected chi connectivity index (χ2v) is 8.48. The molecular weight excluding hydrogens is 350 g/mol. The molecule has 2 aromatic rings. The Morgan fingerprint density at radius 3 is 2.50 bits per heavy atom. The molecular formula is C20H25NO4S. The van der Waals surface area contributed by atoms with Gasteiger partial charge in [-0.3, -0.25) is 0 Å². The molecule has 1 aliphatic heterocycles. The Labute approximate surface area is 155 Å². The predicted molar refractivity (Wildman–Crippen MR) is 101 cm³/mol. The van der Waals surface area contributed by atoms with E-state index in [2.05, 4.69) is 0 Å². The molecule has 5 nitrogen and oxygen atoms in total. The highest BCUT2D eigenvalue weighted by atomic mass is 32.2. The first kappa shape index (κ1) is 18.7. The number of benzene rings is 2. The minimum absolute atomic E-state index is 0.309. The van der Waals surface area contributed by atoms with Gasteiger partial charge in [0, 0.05) is 13.1 Å². The lowest BCUT2D eigenvalue weighted by molar-refractivity contribution is 0.266. The Balaban J connectivity index is 1.56. The van der Waals surface area contributed by atoms with Crippen molar-refractivity contribution in [3.05, 3.63) is 54.1 Å². The molecule has 1 heterocycles. The molecule has 2 aromatic carbocycles. The summed E-state index contributed by atoms with van der Waals surface area (Å²) < 4.78 is 38.4. The maximum absolute atomic E-state index is 12.9. The van der Waals surface area contributed by atoms with E-state index in [4.69, 9.17) is 9.47 Å². The first-order valence-corrected chi connectivity index (χ1v) is 10.3. The zero-order valence-corrected chi connectivity index (χ0v) is 16.0. The molecule has 0 aliphatic carbocycles. The summed E-state index contributed by atoms with van der Waals surface area (Å²) >= 11 is 0. The maximum Gasteiger partial charge on any atom is 0.243 e. The molecule has 0 saturated carbocycles. The van der Waals surface area contributed by atoms with Crippen molar-refractivity contribution in [3.63, 3.8) is 0 Å². The molecule has 1 aliphatic rings. The summed E-state index contributed by atoms with van der Waals surface area (Å²) in [7, 11) is -1.80. The van der Waals surface area contributed by atoms with Gasteiger partial charge in [0.15, 0.2) is 11.5 Å². The number of para-hydroxylation sites is 2. The van der Waals surface area contributed by atoms with E-state index in [1.807, 2.05) is 43.3 Å². The number of ether oxygens (including phenoxy) is 2. The van der Waals surface area contributed by atoms with Crippen molar-refractivity contribution in [2.45, 2.75) is 24.7 Å². The molecule has 1 atom stereocenters. The van der Waals surface area contributed by atoms with E-state index in [9.17, 15) is 8.42 Å². The molecule has 3 rings (SSSR count). The molecule has 0 aromatic heterocycles. The number of hydrogen-bond donors (Lipinski definition) is 0. The van der Waals surface area contributed by atoms with E-state index in [1.165, 1.54) is 0 Å². The Kier molecular flexibility index (Phi) is 5.84. The molecule has 0 spiro atoms. The Hall–Kier alpha value is -2.05. The molecule has 0 unspecified atom stereocenters. The van der Waals surface area contributed by atoms with E-state index < -0.39 is 10.0 Å². The minimum Gasteiger partial charge on any atom is -0.493 e. The lowest BCUT2D eigenvalue weighted by atomic mass is 10.1. The van der Waals surface area contributed by atoms with Crippen LogP contribution in [0.25, 0.3) is 0 Å². The van der Waals surface area contributed by atoms with Crippen LogP contribution < -0.4 is 9.47 Å². The van der Waals surface area contributed by atoms with Crippen LogP contribution in [0.15, 0.2) is 53.4 Å². The molecule has 140 valence electrons. The smallest absolute Gasteiger partial charge is 0.243 e. The zero-order valence-electron chi connectivity index (χ0n) is 15.2. The number of sulfonamides is 1. The quantitative estimate of drug-likeness (QED) is 0.743. The standard InChI is InChI=1S/C20H25NO4S/c1-16-7-3-6-10-20(16)26(22,23)21-13-11-17(15-21)12-14-25-19-9-5-4-8-18(19)24-2/h3-10,17H,11-15H2,1-2H3/t17-/m1/s1. The van der Waals surface area contributed by atoms with Gasteiger partial charge in [-0.2, -0.15) is 4.31 Å². The summed E-state index contributed by atoms with van der Waals surface area (Å²) in [5.74, 6) is 1.74. The summed E-state index contributed by atoms with van der Waals surface area (Å²) in [6.45, 7) is 3.49. The van der Waals surface area contributed by atoms with Gasteiger partial charge in [-0.15, -0.1) is 0 Å². The number of rotatable bonds is 7. The fraction of sp³-hybridized carbons (Fsp3) is 0.400. The van der Waals surface area contributed by atoms with Crippen molar-refractivity contribution in [2.24, 2.45) is 5.92 Å². The van der Waals surface area contributed by atoms with Crippen LogP contribution in [0.3, 0.4) is 0 Å². The molecule has 0 radical (unpaired) electrons. The molecule has 6 heteroatoms. The van der Waals surface area contributed by atoms with Gasteiger partial charge < -0.3 is 9.47 Å². The van der Waals surface area contributed by atoms with Crippen molar-refractivity contribution >= 4 is 10.0 Å². The van der Waals surface area contributed by atoms with Crippen LogP contribution in [0, 0.1) is 12.8 Å². The van der Waals surface area contributed by atoms with Crippen LogP contribution >= 0.6 is 0 Å². The van der Waals surface area contributed by atoms with Gasteiger partial charge in [-0.1, -0.05) is 30.3 Å². The SMILES string of the molecule is COc1ccccc1OCC[C@H]1CCN(S(=O)(=O)c2ccccc2C)C1. The summed E-state index contributed by atoms with van der Waals surface area (Å²) in [6, 6.07) is 14.7. The molecule has 0 bridgehead atoms. The third-order valence-corrected chi connectivity index (χ3v) is 6.84. The molecule has 26 heavy (non-hydrogen) atoms. The van der Waals surface area contributed by atoms with Crippen LogP contribution in [0.1, 0.15) is 18.4 Å². The van der Waals surface area contributed by atoms with Crippen LogP contribution in [0.2, 0.25) is 0 Å². The zero-order chi connectivity index (χ0) is 18.6. The van der Waals surface area contributed by atoms with E-state index in [1.54, 1.807) is 23.5 Å². The normalized spacial score (nSPS) is 18.0. The fourth-order valence-corrected chi connectivity index (χ4v) is 5.07. The number of nitrogens with zero attached hydrogens (tertiary/aromatic N) is 1. The fourth-order valence-electron chi connectivity index (χ4n) is 3.31. The average molecular weight is 375 g/mol. The molecule has 1 fully saturated rings. The Morgan fingerprint density at radius 1 is 1.08 bits per heavy atom. The van der Waals surface area contributed by atoms with E-state index in [0.717, 1.165) is 24.2 Å². The van der Waals surface area contributed by atoms with Gasteiger partial charge >= 0.3 is 0 Å². The topological polar surface area (TPSA) is 55.8 Å². The van der Waals surface area contributed by atoms with Crippen LogP contribution in [0.5, 0.6) is 11.5 Å². The van der Waals surface area contributed by atoms with Crippen LogP contribution in [-0.4, -0.2) is 39.5 Å². The van der Waals surface area contributed by atoms with Crippen molar-refractivity contribution in [1.82, 2.24) is 4.31 Å². The van der Waals surface area contributed by atoms with E-state index in [0.29, 0.717) is 36.3 Å². The Morgan fingerprint density at radius 2 is 1.77 bits per heavy atom.